The monoisotopic (exact) mass is 259 g/mol. The quantitative estimate of drug-likeness (QED) is 0.833. The lowest BCUT2D eigenvalue weighted by Crippen LogP contribution is -2.32. The molecule has 0 spiro atoms. The molecule has 0 heterocycles. The average Bonchev–Trinajstić information content (AvgIpc) is 2.31. The van der Waals surface area contributed by atoms with E-state index in [1.165, 1.54) is 14.2 Å². The van der Waals surface area contributed by atoms with Gasteiger partial charge in [0.25, 0.3) is 0 Å². The van der Waals surface area contributed by atoms with E-state index < -0.39 is 12.0 Å². The molecule has 5 nitrogen and oxygen atoms in total. The van der Waals surface area contributed by atoms with Crippen LogP contribution in [0.25, 0.3) is 0 Å². The highest BCUT2D eigenvalue weighted by Gasteiger charge is 2.19. The highest BCUT2D eigenvalue weighted by molar-refractivity contribution is 6.33. The Balaban J connectivity index is 3.14. The van der Waals surface area contributed by atoms with Gasteiger partial charge in [0, 0.05) is 12.0 Å². The molecule has 0 saturated carbocycles. The topological polar surface area (TPSA) is 81.8 Å². The van der Waals surface area contributed by atoms with Gasteiger partial charge in [-0.3, -0.25) is 4.79 Å². The third-order valence-electron chi connectivity index (χ3n) is 2.35. The van der Waals surface area contributed by atoms with Crippen molar-refractivity contribution in [1.82, 2.24) is 0 Å². The van der Waals surface area contributed by atoms with Crippen molar-refractivity contribution in [2.45, 2.75) is 12.5 Å². The molecule has 0 fully saturated rings. The Morgan fingerprint density at radius 3 is 2.41 bits per heavy atom. The number of hydrogen-bond acceptors (Lipinski definition) is 4. The van der Waals surface area contributed by atoms with Crippen molar-refractivity contribution < 1.29 is 19.4 Å². The van der Waals surface area contributed by atoms with E-state index in [1.807, 2.05) is 0 Å². The van der Waals surface area contributed by atoms with Gasteiger partial charge in [0.1, 0.15) is 17.5 Å². The molecular formula is C11H14ClNO4. The van der Waals surface area contributed by atoms with E-state index in [9.17, 15) is 4.79 Å². The summed E-state index contributed by atoms with van der Waals surface area (Å²) >= 11 is 6.09. The molecule has 0 radical (unpaired) electrons. The highest BCUT2D eigenvalue weighted by Crippen LogP contribution is 2.35. The normalized spacial score (nSPS) is 12.0. The number of halogens is 1. The first-order valence-electron chi connectivity index (χ1n) is 4.89. The molecule has 94 valence electrons. The molecule has 1 unspecified atom stereocenters. The number of benzene rings is 1. The fraction of sp³-hybridized carbons (Fsp3) is 0.364. The smallest absolute Gasteiger partial charge is 0.320 e. The van der Waals surface area contributed by atoms with Crippen molar-refractivity contribution in [3.63, 3.8) is 0 Å². The van der Waals surface area contributed by atoms with Gasteiger partial charge in [-0.25, -0.2) is 0 Å². The van der Waals surface area contributed by atoms with Gasteiger partial charge in [0.2, 0.25) is 0 Å². The maximum absolute atomic E-state index is 10.7. The molecule has 17 heavy (non-hydrogen) atoms. The van der Waals surface area contributed by atoms with Crippen LogP contribution in [-0.2, 0) is 11.2 Å². The first-order valence-corrected chi connectivity index (χ1v) is 5.26. The second-order valence-electron chi connectivity index (χ2n) is 3.41. The molecule has 0 saturated heterocycles. The number of hydrogen-bond donors (Lipinski definition) is 2. The van der Waals surface area contributed by atoms with E-state index in [-0.39, 0.29) is 6.42 Å². The van der Waals surface area contributed by atoms with Crippen molar-refractivity contribution >= 4 is 17.6 Å². The second-order valence-corrected chi connectivity index (χ2v) is 3.79. The molecule has 0 aliphatic carbocycles. The van der Waals surface area contributed by atoms with Crippen LogP contribution in [0.5, 0.6) is 11.5 Å². The molecule has 1 rings (SSSR count). The maximum atomic E-state index is 10.7. The van der Waals surface area contributed by atoms with E-state index in [0.717, 1.165) is 0 Å². The Labute approximate surface area is 104 Å². The fourth-order valence-electron chi connectivity index (χ4n) is 1.43. The van der Waals surface area contributed by atoms with E-state index in [4.69, 9.17) is 31.9 Å². The molecule has 0 bridgehead atoms. The summed E-state index contributed by atoms with van der Waals surface area (Å²) in [5.41, 5.74) is 6.01. The van der Waals surface area contributed by atoms with Crippen molar-refractivity contribution in [2.75, 3.05) is 14.2 Å². The summed E-state index contributed by atoms with van der Waals surface area (Å²) in [6, 6.07) is 2.28. The highest BCUT2D eigenvalue weighted by atomic mass is 35.5. The van der Waals surface area contributed by atoms with Gasteiger partial charge in [-0.1, -0.05) is 11.6 Å². The lowest BCUT2D eigenvalue weighted by atomic mass is 10.0. The Hall–Kier alpha value is -1.46. The lowest BCUT2D eigenvalue weighted by molar-refractivity contribution is -0.138. The van der Waals surface area contributed by atoms with Crippen molar-refractivity contribution in [2.24, 2.45) is 5.73 Å². The van der Waals surface area contributed by atoms with Gasteiger partial charge in [0.15, 0.2) is 0 Å². The van der Waals surface area contributed by atoms with E-state index in [0.29, 0.717) is 22.1 Å². The molecule has 6 heteroatoms. The van der Waals surface area contributed by atoms with Gasteiger partial charge in [-0.2, -0.15) is 0 Å². The number of ether oxygens (including phenoxy) is 2. The number of nitrogens with two attached hydrogens (primary N) is 1. The van der Waals surface area contributed by atoms with Gasteiger partial charge >= 0.3 is 5.97 Å². The maximum Gasteiger partial charge on any atom is 0.320 e. The Bertz CT molecular complexity index is 422. The molecule has 3 N–H and O–H groups in total. The summed E-state index contributed by atoms with van der Waals surface area (Å²) in [5, 5.41) is 9.11. The number of methoxy groups -OCH3 is 2. The summed E-state index contributed by atoms with van der Waals surface area (Å²) in [7, 11) is 2.96. The Morgan fingerprint density at radius 1 is 1.41 bits per heavy atom. The molecule has 0 amide bonds. The number of rotatable bonds is 5. The van der Waals surface area contributed by atoms with Crippen LogP contribution in [0.15, 0.2) is 12.1 Å². The zero-order chi connectivity index (χ0) is 13.0. The molecule has 0 aliphatic heterocycles. The molecule has 1 aromatic rings. The number of aliphatic carboxylic acids is 1. The van der Waals surface area contributed by atoms with Crippen LogP contribution in [0.1, 0.15) is 5.56 Å². The van der Waals surface area contributed by atoms with Crippen molar-refractivity contribution in [1.29, 1.82) is 0 Å². The molecular weight excluding hydrogens is 246 g/mol. The van der Waals surface area contributed by atoms with Crippen LogP contribution in [0, 0.1) is 0 Å². The van der Waals surface area contributed by atoms with Crippen LogP contribution >= 0.6 is 11.6 Å². The van der Waals surface area contributed by atoms with Gasteiger partial charge in [0.05, 0.1) is 19.2 Å². The summed E-state index contributed by atoms with van der Waals surface area (Å²) in [6.07, 6.45) is 0.0779. The van der Waals surface area contributed by atoms with Gasteiger partial charge in [-0.15, -0.1) is 0 Å². The summed E-state index contributed by atoms with van der Waals surface area (Å²) in [4.78, 5) is 10.7. The number of carboxylic acids is 1. The average molecular weight is 260 g/mol. The zero-order valence-electron chi connectivity index (χ0n) is 9.57. The van der Waals surface area contributed by atoms with E-state index >= 15 is 0 Å². The minimum Gasteiger partial charge on any atom is -0.496 e. The first kappa shape index (κ1) is 13.6. The van der Waals surface area contributed by atoms with Crippen molar-refractivity contribution in [3.05, 3.63) is 22.7 Å². The molecule has 1 aromatic carbocycles. The number of carboxylic acid groups (broad SMARTS) is 1. The summed E-state index contributed by atoms with van der Waals surface area (Å²) in [5.74, 6) is -0.140. The third-order valence-corrected chi connectivity index (χ3v) is 2.76. The summed E-state index contributed by atoms with van der Waals surface area (Å²) < 4.78 is 10.2. The standard InChI is InChI=1S/C11H14ClNO4/c1-16-8-3-4-9(17-2)10(12)6(8)5-7(13)11(14)15/h3-4,7H,5,13H2,1-2H3,(H,14,15). The van der Waals surface area contributed by atoms with Crippen LogP contribution in [0.2, 0.25) is 5.02 Å². The van der Waals surface area contributed by atoms with E-state index in [2.05, 4.69) is 0 Å². The van der Waals surface area contributed by atoms with Crippen molar-refractivity contribution in [3.8, 4) is 11.5 Å². The SMILES string of the molecule is COc1ccc(OC)c(CC(N)C(=O)O)c1Cl. The van der Waals surface area contributed by atoms with Crippen LogP contribution < -0.4 is 15.2 Å². The predicted octanol–water partition coefficient (Wildman–Crippen LogP) is 1.31. The van der Waals surface area contributed by atoms with Crippen LogP contribution in [0.4, 0.5) is 0 Å². The fourth-order valence-corrected chi connectivity index (χ4v) is 1.74. The predicted molar refractivity (Wildman–Crippen MR) is 63.9 cm³/mol. The molecule has 0 aromatic heterocycles. The third kappa shape index (κ3) is 3.01. The van der Waals surface area contributed by atoms with E-state index in [1.54, 1.807) is 12.1 Å². The second kappa shape index (κ2) is 5.75. The first-order chi connectivity index (χ1) is 8.01. The summed E-state index contributed by atoms with van der Waals surface area (Å²) in [6.45, 7) is 0. The van der Waals surface area contributed by atoms with Gasteiger partial charge < -0.3 is 20.3 Å². The minimum atomic E-state index is -1.09. The Kier molecular flexibility index (Phi) is 4.60. The molecule has 1 atom stereocenters. The lowest BCUT2D eigenvalue weighted by Gasteiger charge is -2.15. The zero-order valence-corrected chi connectivity index (χ0v) is 10.3. The van der Waals surface area contributed by atoms with Crippen LogP contribution in [0.3, 0.4) is 0 Å². The Morgan fingerprint density at radius 2 is 1.94 bits per heavy atom. The van der Waals surface area contributed by atoms with Crippen LogP contribution in [-0.4, -0.2) is 31.3 Å². The van der Waals surface area contributed by atoms with Gasteiger partial charge in [-0.05, 0) is 12.1 Å². The molecule has 0 aliphatic rings. The largest absolute Gasteiger partial charge is 0.496 e. The minimum absolute atomic E-state index is 0.0779. The number of carbonyl (C=O) groups is 1.